The Balaban J connectivity index is 2.88. The number of likely N-dealkylation sites (N-methyl/N-ethyl adjacent to an activating group) is 1. The molecule has 0 bridgehead atoms. The molecule has 1 aromatic heterocycles. The van der Waals surface area contributed by atoms with Gasteiger partial charge < -0.3 is 10.1 Å². The second-order valence-corrected chi connectivity index (χ2v) is 3.70. The number of aromatic nitrogens is 1. The number of nitrogens with zero attached hydrogens (tertiary/aromatic N) is 1. The van der Waals surface area contributed by atoms with Gasteiger partial charge >= 0.3 is 5.97 Å². The first-order chi connectivity index (χ1) is 6.70. The van der Waals surface area contributed by atoms with Gasteiger partial charge in [-0.15, -0.1) is 11.3 Å². The molecule has 4 nitrogen and oxygen atoms in total. The predicted octanol–water partition coefficient (Wildman–Crippen LogP) is 1.28. The number of methoxy groups -OCH3 is 1. The van der Waals surface area contributed by atoms with E-state index in [2.05, 4.69) is 10.3 Å². The van der Waals surface area contributed by atoms with Crippen LogP contribution < -0.4 is 5.32 Å². The van der Waals surface area contributed by atoms with Gasteiger partial charge in [-0.2, -0.15) is 0 Å². The molecule has 0 fully saturated rings. The molecule has 0 radical (unpaired) electrons. The van der Waals surface area contributed by atoms with Crippen LogP contribution in [-0.4, -0.2) is 24.6 Å². The average Bonchev–Trinajstić information content (AvgIpc) is 2.60. The average molecular weight is 214 g/mol. The van der Waals surface area contributed by atoms with Gasteiger partial charge in [0.15, 0.2) is 0 Å². The second-order valence-electron chi connectivity index (χ2n) is 2.82. The van der Waals surface area contributed by atoms with E-state index in [-0.39, 0.29) is 12.0 Å². The Morgan fingerprint density at radius 3 is 2.93 bits per heavy atom. The summed E-state index contributed by atoms with van der Waals surface area (Å²) in [4.78, 5) is 16.5. The number of carbonyl (C=O) groups excluding carboxylic acids is 1. The molecule has 1 aromatic rings. The summed E-state index contributed by atoms with van der Waals surface area (Å²) in [6, 6.07) is -0.377. The number of hydrogen-bond acceptors (Lipinski definition) is 5. The lowest BCUT2D eigenvalue weighted by Crippen LogP contribution is -2.29. The molecule has 0 saturated carbocycles. The van der Waals surface area contributed by atoms with E-state index in [0.29, 0.717) is 0 Å². The molecule has 1 N–H and O–H groups in total. The topological polar surface area (TPSA) is 51.2 Å². The Morgan fingerprint density at radius 1 is 1.79 bits per heavy atom. The molecule has 0 aromatic carbocycles. The summed E-state index contributed by atoms with van der Waals surface area (Å²) in [6.45, 7) is 4.56. The Kier molecular flexibility index (Phi) is 4.03. The van der Waals surface area contributed by atoms with Crippen molar-refractivity contribution in [2.24, 2.45) is 0 Å². The summed E-state index contributed by atoms with van der Waals surface area (Å²) in [5.74, 6) is -0.265. The number of hydrogen-bond donors (Lipinski definition) is 1. The maximum absolute atomic E-state index is 11.4. The molecule has 1 atom stereocenters. The zero-order valence-corrected chi connectivity index (χ0v) is 9.35. The Labute approximate surface area is 87.3 Å². The number of nitrogens with one attached hydrogen (secondary N) is 1. The van der Waals surface area contributed by atoms with Crippen LogP contribution in [0.4, 0.5) is 0 Å². The second kappa shape index (κ2) is 5.07. The minimum atomic E-state index is -0.377. The van der Waals surface area contributed by atoms with Crippen LogP contribution in [0.1, 0.15) is 23.5 Å². The summed E-state index contributed by atoms with van der Waals surface area (Å²) in [7, 11) is 1.39. The highest BCUT2D eigenvalue weighted by Crippen LogP contribution is 2.22. The fourth-order valence-electron chi connectivity index (χ4n) is 1.19. The smallest absolute Gasteiger partial charge is 0.328 e. The van der Waals surface area contributed by atoms with E-state index >= 15 is 0 Å². The monoisotopic (exact) mass is 214 g/mol. The quantitative estimate of drug-likeness (QED) is 0.767. The molecule has 0 amide bonds. The van der Waals surface area contributed by atoms with Crippen molar-refractivity contribution in [2.75, 3.05) is 13.7 Å². The van der Waals surface area contributed by atoms with Crippen LogP contribution in [0.3, 0.4) is 0 Å². The van der Waals surface area contributed by atoms with Crippen LogP contribution in [-0.2, 0) is 9.53 Å². The zero-order valence-electron chi connectivity index (χ0n) is 8.53. The van der Waals surface area contributed by atoms with Gasteiger partial charge in [-0.25, -0.2) is 9.78 Å². The van der Waals surface area contributed by atoms with Crippen molar-refractivity contribution < 1.29 is 9.53 Å². The summed E-state index contributed by atoms with van der Waals surface area (Å²) >= 11 is 1.47. The Hall–Kier alpha value is -0.940. The zero-order chi connectivity index (χ0) is 10.6. The first-order valence-corrected chi connectivity index (χ1v) is 5.29. The van der Waals surface area contributed by atoms with Gasteiger partial charge in [-0.1, -0.05) is 6.92 Å². The maximum atomic E-state index is 11.4. The molecule has 1 heterocycles. The molecule has 0 aliphatic rings. The normalized spacial score (nSPS) is 12.5. The maximum Gasteiger partial charge on any atom is 0.328 e. The molecular weight excluding hydrogens is 200 g/mol. The summed E-state index contributed by atoms with van der Waals surface area (Å²) < 4.78 is 4.72. The highest BCUT2D eigenvalue weighted by molar-refractivity contribution is 7.10. The third kappa shape index (κ3) is 2.30. The van der Waals surface area contributed by atoms with Gasteiger partial charge in [0.2, 0.25) is 0 Å². The van der Waals surface area contributed by atoms with Gasteiger partial charge in [0.05, 0.1) is 23.2 Å². The van der Waals surface area contributed by atoms with E-state index < -0.39 is 0 Å². The minimum Gasteiger partial charge on any atom is -0.468 e. The number of rotatable bonds is 4. The van der Waals surface area contributed by atoms with Crippen LogP contribution in [0.15, 0.2) is 5.51 Å². The van der Waals surface area contributed by atoms with Crippen LogP contribution in [0, 0.1) is 6.92 Å². The molecule has 0 spiro atoms. The van der Waals surface area contributed by atoms with Gasteiger partial charge in [0, 0.05) is 0 Å². The van der Waals surface area contributed by atoms with E-state index in [4.69, 9.17) is 4.74 Å². The number of carbonyl (C=O) groups is 1. The van der Waals surface area contributed by atoms with Crippen molar-refractivity contribution in [1.82, 2.24) is 10.3 Å². The standard InChI is InChI=1S/C9H14N2O2S/c1-4-10-7(9(12)13-3)8-6(2)11-5-14-8/h5,7,10H,4H2,1-3H3. The van der Waals surface area contributed by atoms with Gasteiger partial charge in [0.1, 0.15) is 6.04 Å². The van der Waals surface area contributed by atoms with Crippen LogP contribution >= 0.6 is 11.3 Å². The number of esters is 1. The SMILES string of the molecule is CCNC(C(=O)OC)c1scnc1C. The van der Waals surface area contributed by atoms with Crippen LogP contribution in [0.2, 0.25) is 0 Å². The number of thiazole rings is 1. The van der Waals surface area contributed by atoms with Crippen molar-refractivity contribution >= 4 is 17.3 Å². The fraction of sp³-hybridized carbons (Fsp3) is 0.556. The van der Waals surface area contributed by atoms with Gasteiger partial charge in [0.25, 0.3) is 0 Å². The van der Waals surface area contributed by atoms with E-state index in [9.17, 15) is 4.79 Å². The van der Waals surface area contributed by atoms with Crippen LogP contribution in [0.5, 0.6) is 0 Å². The molecule has 14 heavy (non-hydrogen) atoms. The largest absolute Gasteiger partial charge is 0.468 e. The molecule has 0 aliphatic heterocycles. The van der Waals surface area contributed by atoms with Crippen molar-refractivity contribution in [3.05, 3.63) is 16.1 Å². The van der Waals surface area contributed by atoms with E-state index in [1.54, 1.807) is 5.51 Å². The predicted molar refractivity (Wildman–Crippen MR) is 55.3 cm³/mol. The summed E-state index contributed by atoms with van der Waals surface area (Å²) in [5, 5.41) is 3.07. The number of aryl methyl sites for hydroxylation is 1. The Morgan fingerprint density at radius 2 is 2.50 bits per heavy atom. The van der Waals surface area contributed by atoms with Crippen molar-refractivity contribution in [1.29, 1.82) is 0 Å². The van der Waals surface area contributed by atoms with E-state index in [1.165, 1.54) is 18.4 Å². The third-order valence-electron chi connectivity index (χ3n) is 1.89. The van der Waals surface area contributed by atoms with E-state index in [0.717, 1.165) is 17.1 Å². The van der Waals surface area contributed by atoms with Crippen molar-refractivity contribution in [3.63, 3.8) is 0 Å². The summed E-state index contributed by atoms with van der Waals surface area (Å²) in [5.41, 5.74) is 2.61. The lowest BCUT2D eigenvalue weighted by atomic mass is 10.2. The minimum absolute atomic E-state index is 0.265. The van der Waals surface area contributed by atoms with E-state index in [1.807, 2.05) is 13.8 Å². The first-order valence-electron chi connectivity index (χ1n) is 4.41. The molecule has 78 valence electrons. The number of ether oxygens (including phenoxy) is 1. The van der Waals surface area contributed by atoms with Crippen LogP contribution in [0.25, 0.3) is 0 Å². The van der Waals surface area contributed by atoms with Gasteiger partial charge in [-0.3, -0.25) is 0 Å². The molecule has 5 heteroatoms. The lowest BCUT2D eigenvalue weighted by molar-refractivity contribution is -0.143. The van der Waals surface area contributed by atoms with Crippen molar-refractivity contribution in [3.8, 4) is 0 Å². The molecule has 1 rings (SSSR count). The van der Waals surface area contributed by atoms with Crippen molar-refractivity contribution in [2.45, 2.75) is 19.9 Å². The highest BCUT2D eigenvalue weighted by Gasteiger charge is 2.23. The molecular formula is C9H14N2O2S. The molecule has 1 unspecified atom stereocenters. The van der Waals surface area contributed by atoms with Gasteiger partial charge in [-0.05, 0) is 13.5 Å². The summed E-state index contributed by atoms with van der Waals surface area (Å²) in [6.07, 6.45) is 0. The first kappa shape index (κ1) is 11.1. The lowest BCUT2D eigenvalue weighted by Gasteiger charge is -2.13. The fourth-order valence-corrected chi connectivity index (χ4v) is 2.06. The Bertz CT molecular complexity index is 312. The molecule has 0 aliphatic carbocycles. The highest BCUT2D eigenvalue weighted by atomic mass is 32.1. The third-order valence-corrected chi connectivity index (χ3v) is 2.89. The molecule has 0 saturated heterocycles.